The van der Waals surface area contributed by atoms with Crippen LogP contribution in [0.25, 0.3) is 5.78 Å². The maximum absolute atomic E-state index is 12.1. The molecule has 1 fully saturated rings. The summed E-state index contributed by atoms with van der Waals surface area (Å²) in [6, 6.07) is 6.23. The van der Waals surface area contributed by atoms with Crippen molar-refractivity contribution in [3.8, 4) is 0 Å². The number of carbonyl (C=O) groups excluding carboxylic acids is 1. The highest BCUT2D eigenvalue weighted by Gasteiger charge is 2.28. The summed E-state index contributed by atoms with van der Waals surface area (Å²) in [5.74, 6) is 0.686. The Bertz CT molecular complexity index is 927. The Morgan fingerprint density at radius 3 is 3.04 bits per heavy atom. The molecular weight excluding hydrogens is 328 g/mol. The normalized spacial score (nSPS) is 18.3. The topological polar surface area (TPSA) is 67.5 Å². The summed E-state index contributed by atoms with van der Waals surface area (Å²) < 4.78 is 4.07. The third-order valence-corrected chi connectivity index (χ3v) is 5.31. The fraction of sp³-hybridized carbons (Fsp3) is 0.421. The van der Waals surface area contributed by atoms with Crippen LogP contribution in [0.1, 0.15) is 47.2 Å². The van der Waals surface area contributed by atoms with Crippen LogP contribution in [0.5, 0.6) is 0 Å². The van der Waals surface area contributed by atoms with Gasteiger partial charge in [-0.05, 0) is 37.6 Å². The van der Waals surface area contributed by atoms with Crippen LogP contribution >= 0.6 is 0 Å². The van der Waals surface area contributed by atoms with Crippen molar-refractivity contribution in [3.05, 3.63) is 53.9 Å². The maximum atomic E-state index is 12.1. The van der Waals surface area contributed by atoms with Crippen LogP contribution in [0, 0.1) is 0 Å². The summed E-state index contributed by atoms with van der Waals surface area (Å²) in [6.07, 6.45) is 9.18. The van der Waals surface area contributed by atoms with Gasteiger partial charge >= 0.3 is 0 Å². The molecule has 4 rings (SSSR count). The number of piperidine rings is 1. The Kier molecular flexibility index (Phi) is 4.46. The minimum atomic E-state index is -0.0473. The largest absolute Gasteiger partial charge is 0.354 e. The zero-order valence-corrected chi connectivity index (χ0v) is 15.2. The van der Waals surface area contributed by atoms with Gasteiger partial charge in [0.25, 0.3) is 5.91 Å². The van der Waals surface area contributed by atoms with Gasteiger partial charge in [0.2, 0.25) is 5.78 Å². The monoisotopic (exact) mass is 352 g/mol. The van der Waals surface area contributed by atoms with Gasteiger partial charge in [-0.1, -0.05) is 6.42 Å². The third kappa shape index (κ3) is 2.88. The number of likely N-dealkylation sites (tertiary alicyclic amines) is 1. The molecule has 1 saturated heterocycles. The molecule has 0 aromatic carbocycles. The quantitative estimate of drug-likeness (QED) is 0.781. The van der Waals surface area contributed by atoms with E-state index in [1.54, 1.807) is 13.2 Å². The van der Waals surface area contributed by atoms with E-state index >= 15 is 0 Å². The molecule has 1 unspecified atom stereocenters. The van der Waals surface area contributed by atoms with Crippen molar-refractivity contribution in [2.24, 2.45) is 7.05 Å². The smallest absolute Gasteiger partial charge is 0.267 e. The molecule has 1 aliphatic heterocycles. The van der Waals surface area contributed by atoms with Gasteiger partial charge < -0.3 is 9.88 Å². The van der Waals surface area contributed by atoms with Crippen LogP contribution in [0.3, 0.4) is 0 Å². The summed E-state index contributed by atoms with van der Waals surface area (Å²) in [5, 5.41) is 2.71. The first kappa shape index (κ1) is 16.8. The summed E-state index contributed by atoms with van der Waals surface area (Å²) in [7, 11) is 3.64. The van der Waals surface area contributed by atoms with E-state index in [1.165, 1.54) is 18.5 Å². The van der Waals surface area contributed by atoms with Gasteiger partial charge in [0.05, 0.1) is 17.9 Å². The zero-order chi connectivity index (χ0) is 18.1. The summed E-state index contributed by atoms with van der Waals surface area (Å²) in [4.78, 5) is 23.2. The fourth-order valence-electron chi connectivity index (χ4n) is 3.94. The van der Waals surface area contributed by atoms with E-state index in [0.717, 1.165) is 31.0 Å². The van der Waals surface area contributed by atoms with Gasteiger partial charge in [0.15, 0.2) is 0 Å². The molecule has 0 spiro atoms. The lowest BCUT2D eigenvalue weighted by Gasteiger charge is -2.36. The number of imidazole rings is 1. The predicted molar refractivity (Wildman–Crippen MR) is 98.8 cm³/mol. The van der Waals surface area contributed by atoms with Crippen LogP contribution in [0.4, 0.5) is 0 Å². The van der Waals surface area contributed by atoms with Crippen molar-refractivity contribution in [1.29, 1.82) is 0 Å². The molecule has 0 saturated carbocycles. The van der Waals surface area contributed by atoms with Gasteiger partial charge in [0.1, 0.15) is 5.69 Å². The average Bonchev–Trinajstić information content (AvgIpc) is 3.26. The van der Waals surface area contributed by atoms with Crippen molar-refractivity contribution in [3.63, 3.8) is 0 Å². The molecule has 1 aliphatic rings. The molecule has 1 atom stereocenters. The third-order valence-electron chi connectivity index (χ3n) is 5.31. The Labute approximate surface area is 152 Å². The van der Waals surface area contributed by atoms with E-state index in [4.69, 9.17) is 0 Å². The average molecular weight is 352 g/mol. The van der Waals surface area contributed by atoms with Gasteiger partial charge in [-0.3, -0.25) is 14.1 Å². The Balaban J connectivity index is 1.63. The first-order valence-electron chi connectivity index (χ1n) is 9.07. The molecule has 0 aliphatic carbocycles. The Morgan fingerprint density at radius 1 is 1.31 bits per heavy atom. The second kappa shape index (κ2) is 6.92. The number of amides is 1. The first-order chi connectivity index (χ1) is 12.7. The molecule has 0 bridgehead atoms. The van der Waals surface area contributed by atoms with Crippen molar-refractivity contribution in [1.82, 2.24) is 29.2 Å². The lowest BCUT2D eigenvalue weighted by Crippen LogP contribution is -2.34. The van der Waals surface area contributed by atoms with Crippen LogP contribution in [0.15, 0.2) is 36.8 Å². The maximum Gasteiger partial charge on any atom is 0.267 e. The molecule has 3 aromatic heterocycles. The molecule has 4 heterocycles. The van der Waals surface area contributed by atoms with Crippen molar-refractivity contribution >= 4 is 11.7 Å². The van der Waals surface area contributed by atoms with Crippen LogP contribution < -0.4 is 5.32 Å². The molecule has 136 valence electrons. The number of hydrogen-bond acceptors (Lipinski definition) is 4. The summed E-state index contributed by atoms with van der Waals surface area (Å²) in [5.41, 5.74) is 3.03. The number of rotatable bonds is 4. The molecule has 26 heavy (non-hydrogen) atoms. The van der Waals surface area contributed by atoms with Crippen molar-refractivity contribution in [2.45, 2.75) is 31.8 Å². The summed E-state index contributed by atoms with van der Waals surface area (Å²) in [6.45, 7) is 1.86. The molecule has 3 aromatic rings. The predicted octanol–water partition coefficient (Wildman–Crippen LogP) is 2.15. The van der Waals surface area contributed by atoms with Crippen LogP contribution in [-0.4, -0.2) is 43.3 Å². The molecular formula is C19H24N6O. The van der Waals surface area contributed by atoms with E-state index < -0.39 is 0 Å². The zero-order valence-electron chi connectivity index (χ0n) is 15.2. The van der Waals surface area contributed by atoms with E-state index in [2.05, 4.69) is 26.3 Å². The van der Waals surface area contributed by atoms with E-state index in [0.29, 0.717) is 11.7 Å². The molecule has 7 heteroatoms. The van der Waals surface area contributed by atoms with Gasteiger partial charge in [-0.25, -0.2) is 9.97 Å². The van der Waals surface area contributed by atoms with Gasteiger partial charge in [0, 0.05) is 38.7 Å². The number of hydrogen-bond donors (Lipinski definition) is 1. The highest BCUT2D eigenvalue weighted by Crippen LogP contribution is 2.33. The minimum absolute atomic E-state index is 0.0473. The van der Waals surface area contributed by atoms with Gasteiger partial charge in [-0.2, -0.15) is 0 Å². The standard InChI is InChI=1S/C19H24N6O/c1-20-18(26)17-8-7-15(23(17)2)16-6-3-4-10-24(16)13-14-12-22-19-21-9-5-11-25(14)19/h5,7-9,11-12,16H,3-4,6,10,13H2,1-2H3,(H,20,26). The van der Waals surface area contributed by atoms with E-state index in [-0.39, 0.29) is 5.91 Å². The van der Waals surface area contributed by atoms with Crippen LogP contribution in [-0.2, 0) is 13.6 Å². The summed E-state index contributed by atoms with van der Waals surface area (Å²) >= 11 is 0. The van der Waals surface area contributed by atoms with E-state index in [9.17, 15) is 4.79 Å². The second-order valence-electron chi connectivity index (χ2n) is 6.80. The number of nitrogens with zero attached hydrogens (tertiary/aromatic N) is 5. The lowest BCUT2D eigenvalue weighted by atomic mass is 9.99. The number of fused-ring (bicyclic) bond motifs is 1. The molecule has 7 nitrogen and oxygen atoms in total. The fourth-order valence-corrected chi connectivity index (χ4v) is 3.94. The van der Waals surface area contributed by atoms with Crippen molar-refractivity contribution < 1.29 is 4.79 Å². The Hall–Kier alpha value is -2.67. The highest BCUT2D eigenvalue weighted by molar-refractivity contribution is 5.92. The number of carbonyl (C=O) groups is 1. The number of nitrogens with one attached hydrogen (secondary N) is 1. The molecule has 1 N–H and O–H groups in total. The second-order valence-corrected chi connectivity index (χ2v) is 6.80. The lowest BCUT2D eigenvalue weighted by molar-refractivity contribution is 0.0952. The van der Waals surface area contributed by atoms with E-state index in [1.807, 2.05) is 40.5 Å². The number of aromatic nitrogens is 4. The first-order valence-corrected chi connectivity index (χ1v) is 9.07. The van der Waals surface area contributed by atoms with Gasteiger partial charge in [-0.15, -0.1) is 0 Å². The Morgan fingerprint density at radius 2 is 2.19 bits per heavy atom. The highest BCUT2D eigenvalue weighted by atomic mass is 16.1. The minimum Gasteiger partial charge on any atom is -0.354 e. The van der Waals surface area contributed by atoms with Crippen molar-refractivity contribution in [2.75, 3.05) is 13.6 Å². The molecule has 1 amide bonds. The molecule has 0 radical (unpaired) electrons. The van der Waals surface area contributed by atoms with Crippen LogP contribution in [0.2, 0.25) is 0 Å². The SMILES string of the molecule is CNC(=O)c1ccc(C2CCCCN2Cc2cnc3ncccn23)n1C.